The van der Waals surface area contributed by atoms with Gasteiger partial charge in [-0.3, -0.25) is 4.79 Å². The van der Waals surface area contributed by atoms with E-state index in [9.17, 15) is 4.79 Å². The minimum absolute atomic E-state index is 0.0128. The van der Waals surface area contributed by atoms with Crippen molar-refractivity contribution in [2.45, 2.75) is 44.9 Å². The van der Waals surface area contributed by atoms with E-state index >= 15 is 0 Å². The lowest BCUT2D eigenvalue weighted by Gasteiger charge is -2.12. The first-order chi connectivity index (χ1) is 11.6. The lowest BCUT2D eigenvalue weighted by atomic mass is 10.2. The summed E-state index contributed by atoms with van der Waals surface area (Å²) in [6.07, 6.45) is 0.916. The number of aromatic nitrogens is 3. The van der Waals surface area contributed by atoms with Crippen molar-refractivity contribution in [1.82, 2.24) is 20.1 Å². The quantitative estimate of drug-likeness (QED) is 0.743. The molecule has 0 saturated heterocycles. The minimum atomic E-state index is 0.0128. The van der Waals surface area contributed by atoms with Gasteiger partial charge in [0.2, 0.25) is 5.91 Å². The smallest absolute Gasteiger partial charge is 0.230 e. The van der Waals surface area contributed by atoms with E-state index < -0.39 is 0 Å². The van der Waals surface area contributed by atoms with E-state index in [1.807, 2.05) is 49.6 Å². The Labute approximate surface area is 147 Å². The van der Waals surface area contributed by atoms with Crippen molar-refractivity contribution in [3.63, 3.8) is 0 Å². The number of rotatable bonds is 8. The summed E-state index contributed by atoms with van der Waals surface area (Å²) < 4.78 is 7.41. The van der Waals surface area contributed by atoms with Gasteiger partial charge in [-0.25, -0.2) is 0 Å². The summed E-state index contributed by atoms with van der Waals surface area (Å²) in [4.78, 5) is 12.0. The number of ether oxygens (including phenoxy) is 1. The van der Waals surface area contributed by atoms with E-state index in [1.165, 1.54) is 11.8 Å². The van der Waals surface area contributed by atoms with Gasteiger partial charge in [-0.1, -0.05) is 30.8 Å². The molecular formula is C17H24N4O2S. The number of amides is 1. The van der Waals surface area contributed by atoms with Gasteiger partial charge in [-0.15, -0.1) is 10.2 Å². The number of hydrogen-bond donors (Lipinski definition) is 1. The van der Waals surface area contributed by atoms with Crippen LogP contribution < -0.4 is 10.1 Å². The first kappa shape index (κ1) is 18.3. The molecule has 0 spiro atoms. The average Bonchev–Trinajstić information content (AvgIpc) is 3.02. The van der Waals surface area contributed by atoms with E-state index in [4.69, 9.17) is 4.74 Å². The minimum Gasteiger partial charge on any atom is -0.496 e. The summed E-state index contributed by atoms with van der Waals surface area (Å²) in [7, 11) is 1.64. The predicted molar refractivity (Wildman–Crippen MR) is 96.3 cm³/mol. The second kappa shape index (κ2) is 8.73. The molecule has 7 heteroatoms. The standard InChI is InChI=1S/C17H24N4O2S/c1-5-12(3)18-15(22)11-24-17-20-19-16(21(17)6-2)13-9-7-8-10-14(13)23-4/h7-10,12H,5-6,11H2,1-4H3,(H,18,22). The molecule has 0 aliphatic heterocycles. The van der Waals surface area contributed by atoms with Gasteiger partial charge in [0.15, 0.2) is 11.0 Å². The van der Waals surface area contributed by atoms with Crippen LogP contribution in [0.25, 0.3) is 11.4 Å². The van der Waals surface area contributed by atoms with Crippen LogP contribution in [0, 0.1) is 0 Å². The van der Waals surface area contributed by atoms with Crippen LogP contribution >= 0.6 is 11.8 Å². The highest BCUT2D eigenvalue weighted by Gasteiger charge is 2.17. The van der Waals surface area contributed by atoms with Gasteiger partial charge in [0.25, 0.3) is 0 Å². The molecule has 2 aromatic rings. The molecule has 0 saturated carbocycles. The molecule has 1 amide bonds. The van der Waals surface area contributed by atoms with Gasteiger partial charge in [0.1, 0.15) is 5.75 Å². The maximum Gasteiger partial charge on any atom is 0.230 e. The Morgan fingerprint density at radius 2 is 2.08 bits per heavy atom. The van der Waals surface area contributed by atoms with E-state index in [1.54, 1.807) is 7.11 Å². The maximum atomic E-state index is 12.0. The van der Waals surface area contributed by atoms with Crippen molar-refractivity contribution in [2.24, 2.45) is 0 Å². The first-order valence-corrected chi connectivity index (χ1v) is 9.07. The molecule has 1 unspecified atom stereocenters. The molecule has 130 valence electrons. The molecule has 1 aromatic carbocycles. The Kier molecular flexibility index (Phi) is 6.66. The average molecular weight is 348 g/mol. The third-order valence-electron chi connectivity index (χ3n) is 3.73. The normalized spacial score (nSPS) is 12.0. The fraction of sp³-hybridized carbons (Fsp3) is 0.471. The molecule has 0 aliphatic carbocycles. The second-order valence-electron chi connectivity index (χ2n) is 5.42. The van der Waals surface area contributed by atoms with Crippen LogP contribution in [0.5, 0.6) is 5.75 Å². The van der Waals surface area contributed by atoms with Gasteiger partial charge >= 0.3 is 0 Å². The van der Waals surface area contributed by atoms with Crippen molar-refractivity contribution in [2.75, 3.05) is 12.9 Å². The SMILES string of the molecule is CCC(C)NC(=O)CSc1nnc(-c2ccccc2OC)n1CC. The van der Waals surface area contributed by atoms with Gasteiger partial charge in [-0.05, 0) is 32.4 Å². The van der Waals surface area contributed by atoms with Crippen molar-refractivity contribution >= 4 is 17.7 Å². The summed E-state index contributed by atoms with van der Waals surface area (Å²) in [6.45, 7) is 6.80. The highest BCUT2D eigenvalue weighted by atomic mass is 32.2. The maximum absolute atomic E-state index is 12.0. The Hall–Kier alpha value is -2.02. The van der Waals surface area contributed by atoms with Gasteiger partial charge in [0, 0.05) is 12.6 Å². The molecule has 24 heavy (non-hydrogen) atoms. The highest BCUT2D eigenvalue weighted by molar-refractivity contribution is 7.99. The second-order valence-corrected chi connectivity index (χ2v) is 6.36. The zero-order chi connectivity index (χ0) is 17.5. The Morgan fingerprint density at radius 3 is 2.75 bits per heavy atom. The Balaban J connectivity index is 2.16. The lowest BCUT2D eigenvalue weighted by Crippen LogP contribution is -2.33. The number of thioether (sulfide) groups is 1. The third-order valence-corrected chi connectivity index (χ3v) is 4.70. The molecule has 0 aliphatic rings. The monoisotopic (exact) mass is 348 g/mol. The molecule has 2 rings (SSSR count). The summed E-state index contributed by atoms with van der Waals surface area (Å²) in [6, 6.07) is 7.91. The fourth-order valence-electron chi connectivity index (χ4n) is 2.26. The molecular weight excluding hydrogens is 324 g/mol. The topological polar surface area (TPSA) is 69.0 Å². The van der Waals surface area contributed by atoms with Gasteiger partial charge in [0.05, 0.1) is 18.4 Å². The Bertz CT molecular complexity index is 687. The van der Waals surface area contributed by atoms with Crippen LogP contribution in [0.3, 0.4) is 0 Å². The number of nitrogens with one attached hydrogen (secondary N) is 1. The third kappa shape index (κ3) is 4.29. The van der Waals surface area contributed by atoms with Crippen molar-refractivity contribution in [1.29, 1.82) is 0 Å². The predicted octanol–water partition coefficient (Wildman–Crippen LogP) is 2.98. The Morgan fingerprint density at radius 1 is 1.33 bits per heavy atom. The van der Waals surface area contributed by atoms with Gasteiger partial charge in [-0.2, -0.15) is 0 Å². The summed E-state index contributed by atoms with van der Waals surface area (Å²) >= 11 is 1.40. The van der Waals surface area contributed by atoms with Crippen molar-refractivity contribution < 1.29 is 9.53 Å². The van der Waals surface area contributed by atoms with Crippen LogP contribution in [0.1, 0.15) is 27.2 Å². The van der Waals surface area contributed by atoms with E-state index in [0.29, 0.717) is 5.75 Å². The fourth-order valence-corrected chi connectivity index (χ4v) is 3.07. The lowest BCUT2D eigenvalue weighted by molar-refractivity contribution is -0.119. The molecule has 1 atom stereocenters. The van der Waals surface area contributed by atoms with Crippen molar-refractivity contribution in [3.05, 3.63) is 24.3 Å². The number of para-hydroxylation sites is 1. The van der Waals surface area contributed by atoms with Crippen LogP contribution in [0.4, 0.5) is 0 Å². The van der Waals surface area contributed by atoms with Crippen LogP contribution in [0.15, 0.2) is 29.4 Å². The zero-order valence-corrected chi connectivity index (χ0v) is 15.4. The number of benzene rings is 1. The summed E-state index contributed by atoms with van der Waals surface area (Å²) in [5.74, 6) is 1.85. The van der Waals surface area contributed by atoms with Gasteiger partial charge < -0.3 is 14.6 Å². The van der Waals surface area contributed by atoms with Crippen LogP contribution in [-0.2, 0) is 11.3 Å². The van der Waals surface area contributed by atoms with E-state index in [2.05, 4.69) is 15.5 Å². The zero-order valence-electron chi connectivity index (χ0n) is 14.6. The molecule has 0 bridgehead atoms. The van der Waals surface area contributed by atoms with Crippen LogP contribution in [-0.4, -0.2) is 39.6 Å². The molecule has 0 radical (unpaired) electrons. The number of carbonyl (C=O) groups excluding carboxylic acids is 1. The number of nitrogens with zero attached hydrogens (tertiary/aromatic N) is 3. The molecule has 1 heterocycles. The summed E-state index contributed by atoms with van der Waals surface area (Å²) in [5.41, 5.74) is 0.894. The molecule has 1 N–H and O–H groups in total. The largest absolute Gasteiger partial charge is 0.496 e. The number of hydrogen-bond acceptors (Lipinski definition) is 5. The molecule has 6 nitrogen and oxygen atoms in total. The highest BCUT2D eigenvalue weighted by Crippen LogP contribution is 2.30. The van der Waals surface area contributed by atoms with Crippen molar-refractivity contribution in [3.8, 4) is 17.1 Å². The van der Waals surface area contributed by atoms with E-state index in [0.717, 1.165) is 35.3 Å². The number of methoxy groups -OCH3 is 1. The number of carbonyl (C=O) groups is 1. The molecule has 0 fully saturated rings. The summed E-state index contributed by atoms with van der Waals surface area (Å²) in [5, 5.41) is 12.2. The van der Waals surface area contributed by atoms with E-state index in [-0.39, 0.29) is 11.9 Å². The molecule has 1 aromatic heterocycles. The van der Waals surface area contributed by atoms with Crippen LogP contribution in [0.2, 0.25) is 0 Å². The first-order valence-electron chi connectivity index (χ1n) is 8.09.